The van der Waals surface area contributed by atoms with Gasteiger partial charge < -0.3 is 24.5 Å². The molecule has 260 valence electrons. The zero-order chi connectivity index (χ0) is 35.6. The van der Waals surface area contributed by atoms with Crippen LogP contribution in [0, 0.1) is 29.1 Å². The molecule has 1 fully saturated rings. The standard InChI is InChI=1S/C39H30F5N3O4/c40-33-32(34(41)36(43)37(44)35(33)42)38(49)45-18-23-5-3-6-25(15-23)26-7-4-8-27(16-26)39-50-28(19-47-21-46-29-9-1-2-10-30(29)47)17-31(51-39)24-13-11-22(20-48)12-14-24/h1-16,21,28,31,39,48H,17-20H2,(H,45,49)/t28-,31+,39+/m1/s1. The van der Waals surface area contributed by atoms with Crippen molar-refractivity contribution in [3.05, 3.63) is 160 Å². The fourth-order valence-corrected chi connectivity index (χ4v) is 6.21. The maximum atomic E-state index is 14.2. The van der Waals surface area contributed by atoms with Crippen LogP contribution in [0.2, 0.25) is 0 Å². The molecule has 1 saturated heterocycles. The lowest BCUT2D eigenvalue weighted by Crippen LogP contribution is -2.32. The van der Waals surface area contributed by atoms with E-state index in [0.29, 0.717) is 18.5 Å². The summed E-state index contributed by atoms with van der Waals surface area (Å²) in [6.07, 6.45) is 1.05. The maximum absolute atomic E-state index is 14.2. The number of amides is 1. The number of hydrogen-bond acceptors (Lipinski definition) is 5. The van der Waals surface area contributed by atoms with Gasteiger partial charge in [0.05, 0.1) is 42.7 Å². The molecule has 0 saturated carbocycles. The summed E-state index contributed by atoms with van der Waals surface area (Å²) in [5.74, 6) is -12.6. The van der Waals surface area contributed by atoms with Gasteiger partial charge in [-0.05, 0) is 52.1 Å². The number of hydrogen-bond donors (Lipinski definition) is 2. The van der Waals surface area contributed by atoms with E-state index in [9.17, 15) is 31.9 Å². The van der Waals surface area contributed by atoms with Gasteiger partial charge in [-0.25, -0.2) is 26.9 Å². The Kier molecular flexibility index (Phi) is 9.63. The molecule has 7 rings (SSSR count). The van der Waals surface area contributed by atoms with E-state index in [1.807, 2.05) is 78.9 Å². The predicted octanol–water partition coefficient (Wildman–Crippen LogP) is 8.07. The van der Waals surface area contributed by atoms with E-state index in [2.05, 4.69) is 14.9 Å². The first-order valence-electron chi connectivity index (χ1n) is 16.1. The van der Waals surface area contributed by atoms with E-state index >= 15 is 0 Å². The number of carbonyl (C=O) groups excluding carboxylic acids is 1. The lowest BCUT2D eigenvalue weighted by atomic mass is 9.98. The molecular weight excluding hydrogens is 669 g/mol. The summed E-state index contributed by atoms with van der Waals surface area (Å²) < 4.78 is 84.3. The molecule has 1 aromatic heterocycles. The molecule has 51 heavy (non-hydrogen) atoms. The van der Waals surface area contributed by atoms with Crippen LogP contribution in [0.15, 0.2) is 103 Å². The second kappa shape index (κ2) is 14.4. The Morgan fingerprint density at radius 3 is 2.20 bits per heavy atom. The van der Waals surface area contributed by atoms with Crippen LogP contribution < -0.4 is 5.32 Å². The van der Waals surface area contributed by atoms with E-state index in [4.69, 9.17) is 9.47 Å². The average molecular weight is 700 g/mol. The summed E-state index contributed by atoms with van der Waals surface area (Å²) in [4.78, 5) is 17.0. The van der Waals surface area contributed by atoms with Crippen LogP contribution >= 0.6 is 0 Å². The molecule has 0 spiro atoms. The molecular formula is C39H30F5N3O4. The molecule has 0 bridgehead atoms. The number of halogens is 5. The number of rotatable bonds is 9. The summed E-state index contributed by atoms with van der Waals surface area (Å²) in [6.45, 7) is 0.214. The molecule has 0 unspecified atom stereocenters. The topological polar surface area (TPSA) is 85.6 Å². The minimum absolute atomic E-state index is 0.0699. The molecule has 5 aromatic carbocycles. The highest BCUT2D eigenvalue weighted by Gasteiger charge is 2.33. The summed E-state index contributed by atoms with van der Waals surface area (Å²) in [5.41, 5.74) is 4.81. The van der Waals surface area contributed by atoms with Crippen molar-refractivity contribution in [1.82, 2.24) is 14.9 Å². The number of ether oxygens (including phenoxy) is 2. The minimum Gasteiger partial charge on any atom is -0.392 e. The third-order valence-electron chi connectivity index (χ3n) is 8.85. The van der Waals surface area contributed by atoms with Crippen LogP contribution in [-0.2, 0) is 29.2 Å². The van der Waals surface area contributed by atoms with Crippen molar-refractivity contribution >= 4 is 16.9 Å². The fraction of sp³-hybridized carbons (Fsp3) is 0.179. The second-order valence-corrected chi connectivity index (χ2v) is 12.2. The number of aromatic nitrogens is 2. The zero-order valence-corrected chi connectivity index (χ0v) is 26.8. The lowest BCUT2D eigenvalue weighted by Gasteiger charge is -2.36. The monoisotopic (exact) mass is 699 g/mol. The molecule has 7 nitrogen and oxygen atoms in total. The number of aliphatic hydroxyl groups excluding tert-OH is 1. The Labute approximate surface area is 288 Å². The molecule has 0 aliphatic carbocycles. The lowest BCUT2D eigenvalue weighted by molar-refractivity contribution is -0.252. The van der Waals surface area contributed by atoms with Crippen LogP contribution in [0.5, 0.6) is 0 Å². The van der Waals surface area contributed by atoms with Crippen molar-refractivity contribution < 1.29 is 41.3 Å². The van der Waals surface area contributed by atoms with Crippen molar-refractivity contribution in [1.29, 1.82) is 0 Å². The summed E-state index contributed by atoms with van der Waals surface area (Å²) in [5, 5.41) is 11.8. The van der Waals surface area contributed by atoms with Crippen molar-refractivity contribution in [2.45, 2.75) is 44.6 Å². The Morgan fingerprint density at radius 2 is 1.45 bits per heavy atom. The van der Waals surface area contributed by atoms with Gasteiger partial charge in [-0.15, -0.1) is 0 Å². The van der Waals surface area contributed by atoms with E-state index < -0.39 is 46.8 Å². The first-order valence-corrected chi connectivity index (χ1v) is 16.1. The predicted molar refractivity (Wildman–Crippen MR) is 177 cm³/mol. The highest BCUT2D eigenvalue weighted by Crippen LogP contribution is 2.39. The van der Waals surface area contributed by atoms with Crippen LogP contribution in [-0.4, -0.2) is 26.7 Å². The minimum atomic E-state index is -2.34. The number of aliphatic hydroxyl groups is 1. The zero-order valence-electron chi connectivity index (χ0n) is 26.8. The molecule has 1 aliphatic rings. The van der Waals surface area contributed by atoms with Crippen LogP contribution in [0.25, 0.3) is 22.2 Å². The maximum Gasteiger partial charge on any atom is 0.257 e. The SMILES string of the molecule is O=C(NCc1cccc(-c2cccc([C@H]3O[C@@H](Cn4cnc5ccccc54)C[C@@H](c4ccc(CO)cc4)O3)c2)c1)c1c(F)c(F)c(F)c(F)c1F. The van der Waals surface area contributed by atoms with Crippen molar-refractivity contribution in [2.24, 2.45) is 0 Å². The van der Waals surface area contributed by atoms with Gasteiger partial charge in [-0.1, -0.05) is 72.8 Å². The second-order valence-electron chi connectivity index (χ2n) is 12.2. The Balaban J connectivity index is 1.12. The fourth-order valence-electron chi connectivity index (χ4n) is 6.21. The molecule has 0 radical (unpaired) electrons. The summed E-state index contributed by atoms with van der Waals surface area (Å²) >= 11 is 0. The average Bonchev–Trinajstić information content (AvgIpc) is 3.58. The van der Waals surface area contributed by atoms with Gasteiger partial charge in [0.2, 0.25) is 5.82 Å². The molecule has 6 aromatic rings. The Bertz CT molecular complexity index is 2200. The van der Waals surface area contributed by atoms with Gasteiger partial charge in [-0.3, -0.25) is 4.79 Å². The number of benzene rings is 5. The first-order chi connectivity index (χ1) is 24.7. The Morgan fingerprint density at radius 1 is 0.765 bits per heavy atom. The molecule has 1 aliphatic heterocycles. The van der Waals surface area contributed by atoms with E-state index in [0.717, 1.165) is 38.9 Å². The molecule has 12 heteroatoms. The number of carbonyl (C=O) groups is 1. The largest absolute Gasteiger partial charge is 0.392 e. The number of para-hydroxylation sites is 2. The van der Waals surface area contributed by atoms with Gasteiger partial charge in [0.1, 0.15) is 5.56 Å². The number of fused-ring (bicyclic) bond motifs is 1. The highest BCUT2D eigenvalue weighted by atomic mass is 19.2. The highest BCUT2D eigenvalue weighted by molar-refractivity contribution is 5.94. The number of nitrogens with one attached hydrogen (secondary N) is 1. The summed E-state index contributed by atoms with van der Waals surface area (Å²) in [6, 6.07) is 29.9. The van der Waals surface area contributed by atoms with Crippen molar-refractivity contribution in [3.8, 4) is 11.1 Å². The van der Waals surface area contributed by atoms with Gasteiger partial charge in [0.15, 0.2) is 29.6 Å². The van der Waals surface area contributed by atoms with Gasteiger partial charge in [0.25, 0.3) is 5.91 Å². The molecule has 3 atom stereocenters. The number of nitrogens with zero attached hydrogens (tertiary/aromatic N) is 2. The van der Waals surface area contributed by atoms with Crippen molar-refractivity contribution in [3.63, 3.8) is 0 Å². The van der Waals surface area contributed by atoms with Crippen LogP contribution in [0.4, 0.5) is 22.0 Å². The van der Waals surface area contributed by atoms with Crippen LogP contribution in [0.3, 0.4) is 0 Å². The normalized spacial score (nSPS) is 17.5. The smallest absolute Gasteiger partial charge is 0.257 e. The molecule has 1 amide bonds. The van der Waals surface area contributed by atoms with Gasteiger partial charge in [0, 0.05) is 18.5 Å². The third-order valence-corrected chi connectivity index (χ3v) is 8.85. The van der Waals surface area contributed by atoms with E-state index in [1.165, 1.54) is 0 Å². The van der Waals surface area contributed by atoms with E-state index in [-0.39, 0.29) is 25.4 Å². The molecule has 2 N–H and O–H groups in total. The van der Waals surface area contributed by atoms with Gasteiger partial charge >= 0.3 is 0 Å². The Hall–Kier alpha value is -5.43. The quantitative estimate of drug-likeness (QED) is 0.0907. The number of imidazole rings is 1. The first kappa shape index (κ1) is 34.0. The third kappa shape index (κ3) is 6.98. The van der Waals surface area contributed by atoms with Crippen LogP contribution in [0.1, 0.15) is 51.4 Å². The van der Waals surface area contributed by atoms with Gasteiger partial charge in [-0.2, -0.15) is 0 Å². The van der Waals surface area contributed by atoms with E-state index in [1.54, 1.807) is 24.5 Å². The summed E-state index contributed by atoms with van der Waals surface area (Å²) in [7, 11) is 0. The molecule has 2 heterocycles. The van der Waals surface area contributed by atoms with Crippen molar-refractivity contribution in [2.75, 3.05) is 0 Å².